The molecule has 1 fully saturated rings. The van der Waals surface area contributed by atoms with E-state index in [4.69, 9.17) is 16.7 Å². The summed E-state index contributed by atoms with van der Waals surface area (Å²) in [4.78, 5) is 0. The molecule has 1 aromatic rings. The third-order valence-electron chi connectivity index (χ3n) is 2.82. The highest BCUT2D eigenvalue weighted by Gasteiger charge is 2.42. The largest absolute Gasteiger partial charge is 0.396 e. The molecule has 0 bridgehead atoms. The van der Waals surface area contributed by atoms with Crippen molar-refractivity contribution in [3.05, 3.63) is 34.9 Å². The van der Waals surface area contributed by atoms with Crippen LogP contribution in [0.2, 0.25) is 5.02 Å². The minimum Gasteiger partial charge on any atom is -0.396 e. The first kappa shape index (κ1) is 9.04. The maximum Gasteiger partial charge on any atom is 0.0490 e. The van der Waals surface area contributed by atoms with Gasteiger partial charge < -0.3 is 5.11 Å². The topological polar surface area (TPSA) is 20.2 Å². The van der Waals surface area contributed by atoms with Gasteiger partial charge in [0.15, 0.2) is 0 Å². The lowest BCUT2D eigenvalue weighted by Crippen LogP contribution is -2.10. The minimum atomic E-state index is 0.158. The number of aliphatic hydroxyl groups is 1. The Kier molecular flexibility index (Phi) is 2.31. The fourth-order valence-corrected chi connectivity index (χ4v) is 1.82. The molecule has 1 aromatic carbocycles. The molecular weight excluding hydrogens is 184 g/mol. The molecule has 2 rings (SSSR count). The molecule has 70 valence electrons. The third kappa shape index (κ3) is 1.87. The summed E-state index contributed by atoms with van der Waals surface area (Å²) in [7, 11) is 0. The maximum atomic E-state index is 9.17. The molecule has 0 spiro atoms. The van der Waals surface area contributed by atoms with Crippen molar-refractivity contribution < 1.29 is 5.11 Å². The normalized spacial score (nSPS) is 18.6. The lowest BCUT2D eigenvalue weighted by atomic mass is 9.97. The van der Waals surface area contributed by atoms with Gasteiger partial charge in [-0.2, -0.15) is 0 Å². The zero-order valence-electron chi connectivity index (χ0n) is 7.46. The van der Waals surface area contributed by atoms with Crippen LogP contribution in [-0.2, 0) is 6.42 Å². The Morgan fingerprint density at radius 3 is 2.54 bits per heavy atom. The summed E-state index contributed by atoms with van der Waals surface area (Å²) in [6.07, 6.45) is 3.19. The van der Waals surface area contributed by atoms with E-state index < -0.39 is 0 Å². The molecule has 1 saturated carbocycles. The van der Waals surface area contributed by atoms with Crippen LogP contribution in [-0.4, -0.2) is 11.7 Å². The first-order chi connectivity index (χ1) is 6.26. The fraction of sp³-hybridized carbons (Fsp3) is 0.455. The molecule has 2 heteroatoms. The lowest BCUT2D eigenvalue weighted by molar-refractivity contribution is 0.211. The number of hydrogen-bond donors (Lipinski definition) is 1. The van der Waals surface area contributed by atoms with Crippen LogP contribution < -0.4 is 0 Å². The first-order valence-corrected chi connectivity index (χ1v) is 4.98. The van der Waals surface area contributed by atoms with Crippen LogP contribution in [0.25, 0.3) is 0 Å². The SMILES string of the molecule is OCC1(Cc2ccccc2Cl)CC1. The molecule has 0 aromatic heterocycles. The fourth-order valence-electron chi connectivity index (χ4n) is 1.61. The van der Waals surface area contributed by atoms with Crippen LogP contribution in [0.15, 0.2) is 24.3 Å². The Bertz CT molecular complexity index is 305. The van der Waals surface area contributed by atoms with Crippen molar-refractivity contribution in [1.29, 1.82) is 0 Å². The van der Waals surface area contributed by atoms with Crippen molar-refractivity contribution in [2.45, 2.75) is 19.3 Å². The van der Waals surface area contributed by atoms with Crippen molar-refractivity contribution in [3.63, 3.8) is 0 Å². The summed E-state index contributed by atoms with van der Waals surface area (Å²) in [5.41, 5.74) is 1.32. The molecule has 0 atom stereocenters. The molecule has 0 saturated heterocycles. The zero-order chi connectivity index (χ0) is 9.31. The van der Waals surface area contributed by atoms with Crippen molar-refractivity contribution in [2.75, 3.05) is 6.61 Å². The Morgan fingerprint density at radius 2 is 2.00 bits per heavy atom. The molecule has 13 heavy (non-hydrogen) atoms. The van der Waals surface area contributed by atoms with E-state index in [0.717, 1.165) is 29.8 Å². The van der Waals surface area contributed by atoms with E-state index in [1.165, 1.54) is 0 Å². The Labute approximate surface area is 83.3 Å². The van der Waals surface area contributed by atoms with Crippen LogP contribution in [0.4, 0.5) is 0 Å². The summed E-state index contributed by atoms with van der Waals surface area (Å²) < 4.78 is 0. The summed E-state index contributed by atoms with van der Waals surface area (Å²) in [6, 6.07) is 7.88. The Morgan fingerprint density at radius 1 is 1.31 bits per heavy atom. The summed E-state index contributed by atoms with van der Waals surface area (Å²) in [5.74, 6) is 0. The van der Waals surface area contributed by atoms with Gasteiger partial charge in [0.1, 0.15) is 0 Å². The molecule has 1 nitrogen and oxygen atoms in total. The van der Waals surface area contributed by atoms with Gasteiger partial charge in [0.2, 0.25) is 0 Å². The highest BCUT2D eigenvalue weighted by molar-refractivity contribution is 6.31. The lowest BCUT2D eigenvalue weighted by Gasteiger charge is -2.12. The smallest absolute Gasteiger partial charge is 0.0490 e. The molecule has 0 heterocycles. The van der Waals surface area contributed by atoms with Crippen LogP contribution in [0.1, 0.15) is 18.4 Å². The standard InChI is InChI=1S/C11H13ClO/c12-10-4-2-1-3-9(10)7-11(8-13)5-6-11/h1-4,13H,5-8H2. The Balaban J connectivity index is 2.14. The molecule has 0 unspecified atom stereocenters. The van der Waals surface area contributed by atoms with Crippen LogP contribution in [0, 0.1) is 5.41 Å². The van der Waals surface area contributed by atoms with Crippen molar-refractivity contribution >= 4 is 11.6 Å². The third-order valence-corrected chi connectivity index (χ3v) is 3.18. The van der Waals surface area contributed by atoms with Crippen LogP contribution in [0.3, 0.4) is 0 Å². The van der Waals surface area contributed by atoms with E-state index in [-0.39, 0.29) is 12.0 Å². The number of benzene rings is 1. The van der Waals surface area contributed by atoms with Gasteiger partial charge in [-0.05, 0) is 36.3 Å². The number of rotatable bonds is 3. The summed E-state index contributed by atoms with van der Waals surface area (Å²) in [5, 5.41) is 9.99. The number of hydrogen-bond acceptors (Lipinski definition) is 1. The number of aliphatic hydroxyl groups excluding tert-OH is 1. The molecular formula is C11H13ClO. The van der Waals surface area contributed by atoms with Crippen LogP contribution >= 0.6 is 11.6 Å². The first-order valence-electron chi connectivity index (χ1n) is 4.60. The van der Waals surface area contributed by atoms with Crippen molar-refractivity contribution in [1.82, 2.24) is 0 Å². The van der Waals surface area contributed by atoms with E-state index in [0.29, 0.717) is 0 Å². The minimum absolute atomic E-state index is 0.158. The molecule has 0 aliphatic heterocycles. The van der Waals surface area contributed by atoms with Crippen molar-refractivity contribution in [3.8, 4) is 0 Å². The van der Waals surface area contributed by atoms with E-state index >= 15 is 0 Å². The predicted molar refractivity (Wildman–Crippen MR) is 53.9 cm³/mol. The van der Waals surface area contributed by atoms with Gasteiger partial charge in [0.25, 0.3) is 0 Å². The molecule has 0 radical (unpaired) electrons. The molecule has 1 aliphatic carbocycles. The highest BCUT2D eigenvalue weighted by atomic mass is 35.5. The number of halogens is 1. The second-order valence-corrected chi connectivity index (χ2v) is 4.33. The molecule has 1 N–H and O–H groups in total. The van der Waals surface area contributed by atoms with E-state index in [9.17, 15) is 0 Å². The van der Waals surface area contributed by atoms with Gasteiger partial charge >= 0.3 is 0 Å². The molecule has 1 aliphatic rings. The quantitative estimate of drug-likeness (QED) is 0.788. The average molecular weight is 197 g/mol. The van der Waals surface area contributed by atoms with Crippen molar-refractivity contribution in [2.24, 2.45) is 5.41 Å². The van der Waals surface area contributed by atoms with Gasteiger partial charge in [0.05, 0.1) is 0 Å². The maximum absolute atomic E-state index is 9.17. The van der Waals surface area contributed by atoms with Gasteiger partial charge in [-0.15, -0.1) is 0 Å². The van der Waals surface area contributed by atoms with E-state index in [2.05, 4.69) is 0 Å². The molecule has 0 amide bonds. The Hall–Kier alpha value is -0.530. The zero-order valence-corrected chi connectivity index (χ0v) is 8.22. The van der Waals surface area contributed by atoms with Gasteiger partial charge in [-0.25, -0.2) is 0 Å². The second kappa shape index (κ2) is 3.32. The van der Waals surface area contributed by atoms with Gasteiger partial charge in [-0.3, -0.25) is 0 Å². The van der Waals surface area contributed by atoms with E-state index in [1.54, 1.807) is 0 Å². The predicted octanol–water partition coefficient (Wildman–Crippen LogP) is 2.66. The average Bonchev–Trinajstić information content (AvgIpc) is 2.90. The van der Waals surface area contributed by atoms with E-state index in [1.807, 2.05) is 24.3 Å². The van der Waals surface area contributed by atoms with Crippen LogP contribution in [0.5, 0.6) is 0 Å². The monoisotopic (exact) mass is 196 g/mol. The van der Waals surface area contributed by atoms with Gasteiger partial charge in [-0.1, -0.05) is 29.8 Å². The second-order valence-electron chi connectivity index (χ2n) is 3.93. The van der Waals surface area contributed by atoms with Gasteiger partial charge in [0, 0.05) is 11.6 Å². The summed E-state index contributed by atoms with van der Waals surface area (Å²) in [6.45, 7) is 0.290. The highest BCUT2D eigenvalue weighted by Crippen LogP contribution is 2.48. The summed E-state index contributed by atoms with van der Waals surface area (Å²) >= 11 is 6.03.